The van der Waals surface area contributed by atoms with Crippen molar-refractivity contribution in [2.24, 2.45) is 11.5 Å². The van der Waals surface area contributed by atoms with E-state index in [4.69, 9.17) is 63.6 Å². The summed E-state index contributed by atoms with van der Waals surface area (Å²) in [7, 11) is 0. The van der Waals surface area contributed by atoms with Gasteiger partial charge in [0.1, 0.15) is 92.0 Å². The maximum Gasteiger partial charge on any atom is 0.333 e. The number of aliphatic hydroxyl groups is 11. The Morgan fingerprint density at radius 3 is 1.81 bits per heavy atom. The van der Waals surface area contributed by atoms with E-state index in [-0.39, 0.29) is 70.3 Å². The fourth-order valence-electron chi connectivity index (χ4n) is 8.32. The lowest BCUT2D eigenvalue weighted by Crippen LogP contribution is -2.71. The van der Waals surface area contributed by atoms with Gasteiger partial charge < -0.3 is 136 Å². The molecule has 2 amide bonds. The minimum atomic E-state index is -1.95. The molecule has 21 atom stereocenters. The van der Waals surface area contributed by atoms with Gasteiger partial charge in [0.2, 0.25) is 11.8 Å². The number of carbonyl (C=O) groups is 3. The molecular formula is C44H79N5O25. The zero-order valence-electron chi connectivity index (χ0n) is 41.4. The third-order valence-corrected chi connectivity index (χ3v) is 12.4. The fourth-order valence-corrected chi connectivity index (χ4v) is 8.32. The van der Waals surface area contributed by atoms with Gasteiger partial charge in [-0.3, -0.25) is 9.59 Å². The molecule has 9 unspecified atom stereocenters. The maximum atomic E-state index is 13.7. The maximum absolute atomic E-state index is 13.7. The van der Waals surface area contributed by atoms with E-state index < -0.39 is 180 Å². The summed E-state index contributed by atoms with van der Waals surface area (Å²) in [4.78, 5) is 38.3. The second-order valence-electron chi connectivity index (χ2n) is 18.0. The van der Waals surface area contributed by atoms with Gasteiger partial charge in [-0.25, -0.2) is 4.79 Å². The number of rotatable bonds is 31. The molecular weight excluding hydrogens is 998 g/mol. The van der Waals surface area contributed by atoms with Crippen LogP contribution in [0.25, 0.3) is 0 Å². The molecule has 0 spiro atoms. The van der Waals surface area contributed by atoms with E-state index in [1.165, 1.54) is 6.92 Å². The number of nitrogens with one attached hydrogen (secondary N) is 3. The quantitative estimate of drug-likeness (QED) is 0.0174. The Bertz CT molecular complexity index is 1680. The van der Waals surface area contributed by atoms with Crippen molar-refractivity contribution in [3.05, 3.63) is 12.2 Å². The Morgan fingerprint density at radius 2 is 1.19 bits per heavy atom. The number of amides is 2. The summed E-state index contributed by atoms with van der Waals surface area (Å²) in [6.07, 6.45) is -28.2. The molecule has 30 heteroatoms. The highest BCUT2D eigenvalue weighted by molar-refractivity contribution is 5.86. The average molecular weight is 1080 g/mol. The highest BCUT2D eigenvalue weighted by Crippen LogP contribution is 2.34. The molecule has 0 aliphatic carbocycles. The van der Waals surface area contributed by atoms with E-state index >= 15 is 0 Å². The van der Waals surface area contributed by atoms with Gasteiger partial charge in [-0.15, -0.1) is 0 Å². The Kier molecular flexibility index (Phi) is 27.7. The molecule has 0 aromatic carbocycles. The van der Waals surface area contributed by atoms with Crippen LogP contribution in [0.15, 0.2) is 12.2 Å². The van der Waals surface area contributed by atoms with Crippen molar-refractivity contribution < 1.29 is 123 Å². The number of nitrogens with two attached hydrogens (primary N) is 2. The Balaban J connectivity index is 1.69. The molecule has 74 heavy (non-hydrogen) atoms. The molecule has 0 saturated carbocycles. The highest BCUT2D eigenvalue weighted by Gasteiger charge is 2.56. The summed E-state index contributed by atoms with van der Waals surface area (Å²) >= 11 is 0. The standard InChI is InChI=1S/C44H79N5O25/c1-4-64-11-8-47-26(55)6-5-7-27(56)49-31-36(61)39(25(19-66-13-10-51)71-44(31)73-37-22(15-52)68-41(63)28(45)34(37)59)74-43-30(48-14-21(54)17-67-40(62)20(2)3)35(60)38(23(16-53)69-43)72-42-29(46)33(58)32(57)24(70-42)18-65-12-9-50/h21-25,28-39,41-44,48,50-54,57-61,63H,2,4-19,45-46H2,1,3H3,(H,47,55)(H,49,56)/t21?,22?,23?,24?,25?,28?,29?,30?,31?,32-,33-,34-,35-,36-,37-,38-,39-,41-,42+,43+,44+/m1/s1. The molecule has 30 nitrogen and oxygen atoms in total. The van der Waals surface area contributed by atoms with Crippen molar-refractivity contribution in [3.63, 3.8) is 0 Å². The van der Waals surface area contributed by atoms with Gasteiger partial charge >= 0.3 is 5.97 Å². The van der Waals surface area contributed by atoms with Crippen LogP contribution in [0.3, 0.4) is 0 Å². The van der Waals surface area contributed by atoms with Crippen molar-refractivity contribution in [3.8, 4) is 0 Å². The van der Waals surface area contributed by atoms with Crippen LogP contribution in [0.2, 0.25) is 0 Å². The van der Waals surface area contributed by atoms with Gasteiger partial charge in [0.05, 0.1) is 77.6 Å². The topological polar surface area (TPSA) is 463 Å². The van der Waals surface area contributed by atoms with E-state index in [1.54, 1.807) is 6.92 Å². The predicted molar refractivity (Wildman–Crippen MR) is 246 cm³/mol. The van der Waals surface area contributed by atoms with Gasteiger partial charge in [-0.2, -0.15) is 0 Å². The molecule has 0 aromatic rings. The fraction of sp³-hybridized carbons (Fsp3) is 0.886. The lowest BCUT2D eigenvalue weighted by molar-refractivity contribution is -0.362. The van der Waals surface area contributed by atoms with Crippen LogP contribution in [-0.2, 0) is 66.5 Å². The van der Waals surface area contributed by atoms with Gasteiger partial charge in [0.15, 0.2) is 25.2 Å². The van der Waals surface area contributed by atoms with Crippen molar-refractivity contribution in [1.29, 1.82) is 0 Å². The van der Waals surface area contributed by atoms with Crippen molar-refractivity contribution in [1.82, 2.24) is 16.0 Å². The van der Waals surface area contributed by atoms with Crippen LogP contribution in [-0.4, -0.2) is 288 Å². The van der Waals surface area contributed by atoms with E-state index in [9.17, 15) is 70.6 Å². The van der Waals surface area contributed by atoms with Crippen LogP contribution in [0.5, 0.6) is 0 Å². The highest BCUT2D eigenvalue weighted by atomic mass is 16.8. The molecule has 4 fully saturated rings. The number of esters is 1. The first-order valence-electron chi connectivity index (χ1n) is 24.5. The number of ether oxygens (including phenoxy) is 11. The van der Waals surface area contributed by atoms with Gasteiger partial charge in [0.25, 0.3) is 0 Å². The Hall–Kier alpha value is -2.81. The second-order valence-corrected chi connectivity index (χ2v) is 18.0. The lowest BCUT2D eigenvalue weighted by Gasteiger charge is -2.51. The van der Waals surface area contributed by atoms with Gasteiger partial charge in [-0.05, 0) is 20.3 Å². The minimum Gasteiger partial charge on any atom is -0.460 e. The lowest BCUT2D eigenvalue weighted by atomic mass is 9.93. The van der Waals surface area contributed by atoms with Crippen LogP contribution in [0.4, 0.5) is 0 Å². The second kappa shape index (κ2) is 32.2. The van der Waals surface area contributed by atoms with Crippen LogP contribution in [0, 0.1) is 0 Å². The monoisotopic (exact) mass is 1080 g/mol. The zero-order chi connectivity index (χ0) is 54.6. The summed E-state index contributed by atoms with van der Waals surface area (Å²) in [5.41, 5.74) is 12.2. The third kappa shape index (κ3) is 18.1. The predicted octanol–water partition coefficient (Wildman–Crippen LogP) is -9.26. The molecule has 0 bridgehead atoms. The van der Waals surface area contributed by atoms with Crippen LogP contribution < -0.4 is 27.4 Å². The molecule has 430 valence electrons. The first kappa shape index (κ1) is 63.7. The molecule has 18 N–H and O–H groups in total. The summed E-state index contributed by atoms with van der Waals surface area (Å²) in [6, 6.07) is -6.18. The number of carbonyl (C=O) groups excluding carboxylic acids is 3. The molecule has 4 aliphatic rings. The molecule has 4 saturated heterocycles. The van der Waals surface area contributed by atoms with Gasteiger partial charge in [0, 0.05) is 38.1 Å². The molecule has 0 aromatic heterocycles. The number of hydrogen-bond acceptors (Lipinski definition) is 28. The number of aliphatic hydroxyl groups excluding tert-OH is 11. The largest absolute Gasteiger partial charge is 0.460 e. The van der Waals surface area contributed by atoms with E-state index in [0.717, 1.165) is 0 Å². The van der Waals surface area contributed by atoms with Crippen molar-refractivity contribution in [2.75, 3.05) is 85.8 Å². The zero-order valence-corrected chi connectivity index (χ0v) is 41.4. The van der Waals surface area contributed by atoms with Crippen molar-refractivity contribution >= 4 is 17.8 Å². The average Bonchev–Trinajstić information content (AvgIpc) is 3.37. The summed E-state index contributed by atoms with van der Waals surface area (Å²) in [5, 5.41) is 126. The van der Waals surface area contributed by atoms with Gasteiger partial charge in [-0.1, -0.05) is 6.58 Å². The van der Waals surface area contributed by atoms with E-state index in [1.807, 2.05) is 0 Å². The SMILES string of the molecule is C=C(C)C(=O)OCC(O)CNC1[C@H](O[C@@H]2C(COCCO)O[C@@H](O[C@@H]3C(CO)O[C@@H](O)C(N)[C@H]3O)C(NC(=O)CCCC(=O)NCCOCC)[C@H]2O)OC(CO)[C@@H](O[C@@H]2OC(COCCO)[C@@H](O)[C@H](O)C2N)[C@@H]1O. The Morgan fingerprint density at radius 1 is 0.649 bits per heavy atom. The van der Waals surface area contributed by atoms with Crippen molar-refractivity contribution in [2.45, 2.75) is 162 Å². The minimum absolute atomic E-state index is 0.0211. The first-order chi connectivity index (χ1) is 35.3. The third-order valence-electron chi connectivity index (χ3n) is 12.4. The molecule has 4 rings (SSSR count). The molecule has 4 heterocycles. The normalized spacial score (nSPS) is 37.0. The smallest absolute Gasteiger partial charge is 0.333 e. The summed E-state index contributed by atoms with van der Waals surface area (Å²) in [5.74, 6) is -1.94. The van der Waals surface area contributed by atoms with E-state index in [2.05, 4.69) is 22.5 Å². The van der Waals surface area contributed by atoms with E-state index in [0.29, 0.717) is 6.61 Å². The summed E-state index contributed by atoms with van der Waals surface area (Å²) < 4.78 is 63.5. The van der Waals surface area contributed by atoms with Crippen LogP contribution in [0.1, 0.15) is 33.1 Å². The Labute approximate surface area is 427 Å². The number of hydrogen-bond donors (Lipinski definition) is 16. The first-order valence-corrected chi connectivity index (χ1v) is 24.5. The molecule has 0 radical (unpaired) electrons. The molecule has 4 aliphatic heterocycles. The summed E-state index contributed by atoms with van der Waals surface area (Å²) in [6.45, 7) is 2.74. The van der Waals surface area contributed by atoms with Crippen LogP contribution >= 0.6 is 0 Å².